The number of carbonyl (C=O) groups excluding carboxylic acids is 3. The molecular weight excluding hydrogens is 370 g/mol. The van der Waals surface area contributed by atoms with E-state index in [-0.39, 0.29) is 23.5 Å². The molecule has 0 aliphatic heterocycles. The van der Waals surface area contributed by atoms with Crippen molar-refractivity contribution in [2.45, 2.75) is 19.8 Å². The summed E-state index contributed by atoms with van der Waals surface area (Å²) in [6.45, 7) is 1.85. The molecule has 2 aromatic rings. The third kappa shape index (κ3) is 3.85. The summed E-state index contributed by atoms with van der Waals surface area (Å²) in [4.78, 5) is 37.3. The fourth-order valence-electron chi connectivity index (χ4n) is 2.73. The lowest BCUT2D eigenvalue weighted by Crippen LogP contribution is -2.36. The number of esters is 1. The van der Waals surface area contributed by atoms with Crippen LogP contribution in [0.1, 0.15) is 30.1 Å². The molecule has 0 spiro atoms. The van der Waals surface area contributed by atoms with Gasteiger partial charge in [-0.15, -0.1) is 0 Å². The van der Waals surface area contributed by atoms with Gasteiger partial charge in [-0.05, 0) is 44.0 Å². The maximum absolute atomic E-state index is 13.3. The summed E-state index contributed by atoms with van der Waals surface area (Å²) in [5.41, 5.74) is -0.866. The first kappa shape index (κ1) is 19.5. The average molecular weight is 388 g/mol. The van der Waals surface area contributed by atoms with Crippen molar-refractivity contribution in [3.05, 3.63) is 59.7 Å². The van der Waals surface area contributed by atoms with Gasteiger partial charge in [-0.2, -0.15) is 0 Å². The minimum atomic E-state index is -1.33. The first-order valence-electron chi connectivity index (χ1n) is 8.71. The van der Waals surface area contributed by atoms with Gasteiger partial charge in [0.15, 0.2) is 11.6 Å². The highest BCUT2D eigenvalue weighted by Gasteiger charge is 2.56. The van der Waals surface area contributed by atoms with Crippen LogP contribution in [0.4, 0.5) is 20.2 Å². The molecule has 2 aromatic carbocycles. The zero-order valence-electron chi connectivity index (χ0n) is 15.1. The SMILES string of the molecule is CCOC(=O)c1ccccc1NC(=O)C1(C(=O)Nc2ccc(F)c(F)c2)CC1. The molecule has 1 aliphatic rings. The van der Waals surface area contributed by atoms with Crippen LogP contribution in [0.5, 0.6) is 0 Å². The van der Waals surface area contributed by atoms with Gasteiger partial charge in [-0.25, -0.2) is 13.6 Å². The second-order valence-electron chi connectivity index (χ2n) is 6.39. The number of para-hydroxylation sites is 1. The summed E-state index contributed by atoms with van der Waals surface area (Å²) in [5.74, 6) is -3.92. The van der Waals surface area contributed by atoms with Crippen LogP contribution < -0.4 is 10.6 Å². The van der Waals surface area contributed by atoms with Crippen molar-refractivity contribution in [1.82, 2.24) is 0 Å². The van der Waals surface area contributed by atoms with Gasteiger partial charge in [0.2, 0.25) is 11.8 Å². The molecule has 0 aromatic heterocycles. The van der Waals surface area contributed by atoms with Gasteiger partial charge in [-0.1, -0.05) is 12.1 Å². The van der Waals surface area contributed by atoms with E-state index in [9.17, 15) is 23.2 Å². The van der Waals surface area contributed by atoms with E-state index in [0.29, 0.717) is 12.8 Å². The summed E-state index contributed by atoms with van der Waals surface area (Å²) < 4.78 is 31.3. The third-order valence-corrected chi connectivity index (χ3v) is 4.47. The smallest absolute Gasteiger partial charge is 0.340 e. The summed E-state index contributed by atoms with van der Waals surface area (Å²) in [5, 5.41) is 5.04. The van der Waals surface area contributed by atoms with Crippen molar-refractivity contribution in [1.29, 1.82) is 0 Å². The molecule has 0 atom stereocenters. The molecule has 0 heterocycles. The predicted octanol–water partition coefficient (Wildman–Crippen LogP) is 3.50. The van der Waals surface area contributed by atoms with Crippen LogP contribution in [0, 0.1) is 17.0 Å². The van der Waals surface area contributed by atoms with Gasteiger partial charge >= 0.3 is 5.97 Å². The molecular formula is C20H18F2N2O4. The van der Waals surface area contributed by atoms with Crippen molar-refractivity contribution >= 4 is 29.2 Å². The Balaban J connectivity index is 1.74. The maximum atomic E-state index is 13.3. The number of rotatable bonds is 6. The number of benzene rings is 2. The van der Waals surface area contributed by atoms with Crippen LogP contribution >= 0.6 is 0 Å². The Hall–Kier alpha value is -3.29. The molecule has 28 heavy (non-hydrogen) atoms. The number of halogens is 2. The first-order chi connectivity index (χ1) is 13.4. The molecule has 0 bridgehead atoms. The molecule has 0 unspecified atom stereocenters. The number of hydrogen-bond donors (Lipinski definition) is 2. The average Bonchev–Trinajstić information content (AvgIpc) is 3.47. The molecule has 6 nitrogen and oxygen atoms in total. The molecule has 8 heteroatoms. The molecule has 2 N–H and O–H groups in total. The molecule has 1 saturated carbocycles. The largest absolute Gasteiger partial charge is 0.462 e. The van der Waals surface area contributed by atoms with E-state index in [0.717, 1.165) is 12.1 Å². The third-order valence-electron chi connectivity index (χ3n) is 4.47. The van der Waals surface area contributed by atoms with Gasteiger partial charge in [0, 0.05) is 11.8 Å². The van der Waals surface area contributed by atoms with Crippen LogP contribution in [-0.2, 0) is 14.3 Å². The van der Waals surface area contributed by atoms with E-state index in [1.165, 1.54) is 18.2 Å². The Morgan fingerprint density at radius 2 is 1.68 bits per heavy atom. The van der Waals surface area contributed by atoms with Crippen LogP contribution in [-0.4, -0.2) is 24.4 Å². The predicted molar refractivity (Wildman–Crippen MR) is 97.7 cm³/mol. The standard InChI is InChI=1S/C20H18F2N2O4/c1-2-28-17(25)13-5-3-4-6-16(13)24-19(27)20(9-10-20)18(26)23-12-7-8-14(21)15(22)11-12/h3-8,11H,2,9-10H2,1H3,(H,23,26)(H,24,27). The topological polar surface area (TPSA) is 84.5 Å². The highest BCUT2D eigenvalue weighted by Crippen LogP contribution is 2.47. The van der Waals surface area contributed by atoms with Crippen molar-refractivity contribution in [2.24, 2.45) is 5.41 Å². The number of carbonyl (C=O) groups is 3. The molecule has 0 radical (unpaired) electrons. The zero-order chi connectivity index (χ0) is 20.3. The molecule has 1 fully saturated rings. The Bertz CT molecular complexity index is 942. The van der Waals surface area contributed by atoms with E-state index in [4.69, 9.17) is 4.74 Å². The Kier molecular flexibility index (Phi) is 5.39. The minimum Gasteiger partial charge on any atom is -0.462 e. The molecule has 146 valence electrons. The lowest BCUT2D eigenvalue weighted by atomic mass is 10.0. The molecule has 3 rings (SSSR count). The Labute approximate surface area is 159 Å². The summed E-state index contributed by atoms with van der Waals surface area (Å²) >= 11 is 0. The number of amides is 2. The van der Waals surface area contributed by atoms with Crippen LogP contribution in [0.3, 0.4) is 0 Å². The van der Waals surface area contributed by atoms with Gasteiger partial charge in [0.1, 0.15) is 5.41 Å². The lowest BCUT2D eigenvalue weighted by Gasteiger charge is -2.17. The number of nitrogens with one attached hydrogen (secondary N) is 2. The molecule has 0 saturated heterocycles. The molecule has 2 amide bonds. The number of hydrogen-bond acceptors (Lipinski definition) is 4. The summed E-state index contributed by atoms with van der Waals surface area (Å²) in [7, 11) is 0. The normalized spacial score (nSPS) is 14.1. The van der Waals surface area contributed by atoms with Gasteiger partial charge in [0.25, 0.3) is 0 Å². The van der Waals surface area contributed by atoms with Crippen LogP contribution in [0.25, 0.3) is 0 Å². The van der Waals surface area contributed by atoms with Crippen molar-refractivity contribution in [3.8, 4) is 0 Å². The zero-order valence-corrected chi connectivity index (χ0v) is 15.1. The number of ether oxygens (including phenoxy) is 1. The van der Waals surface area contributed by atoms with Crippen molar-refractivity contribution in [3.63, 3.8) is 0 Å². The monoisotopic (exact) mass is 388 g/mol. The quantitative estimate of drug-likeness (QED) is 0.586. The van der Waals surface area contributed by atoms with Crippen LogP contribution in [0.2, 0.25) is 0 Å². The van der Waals surface area contributed by atoms with E-state index >= 15 is 0 Å². The van der Waals surface area contributed by atoms with Crippen molar-refractivity contribution in [2.75, 3.05) is 17.2 Å². The second-order valence-corrected chi connectivity index (χ2v) is 6.39. The van der Waals surface area contributed by atoms with Crippen LogP contribution in [0.15, 0.2) is 42.5 Å². The van der Waals surface area contributed by atoms with Gasteiger partial charge in [-0.3, -0.25) is 9.59 Å². The summed E-state index contributed by atoms with van der Waals surface area (Å²) in [6, 6.07) is 9.25. The van der Waals surface area contributed by atoms with Crippen molar-refractivity contribution < 1.29 is 27.9 Å². The van der Waals surface area contributed by atoms with Gasteiger partial charge in [0.05, 0.1) is 17.9 Å². The summed E-state index contributed by atoms with van der Waals surface area (Å²) in [6.07, 6.45) is 0.603. The fourth-order valence-corrected chi connectivity index (χ4v) is 2.73. The van der Waals surface area contributed by atoms with Gasteiger partial charge < -0.3 is 15.4 Å². The molecule has 1 aliphatic carbocycles. The maximum Gasteiger partial charge on any atom is 0.340 e. The number of anilines is 2. The second kappa shape index (κ2) is 7.75. The fraction of sp³-hybridized carbons (Fsp3) is 0.250. The van der Waals surface area contributed by atoms with E-state index in [1.807, 2.05) is 0 Å². The lowest BCUT2D eigenvalue weighted by molar-refractivity contribution is -0.131. The Morgan fingerprint density at radius 1 is 1.00 bits per heavy atom. The highest BCUT2D eigenvalue weighted by atomic mass is 19.2. The van der Waals surface area contributed by atoms with E-state index < -0.39 is 34.8 Å². The van der Waals surface area contributed by atoms with E-state index in [2.05, 4.69) is 10.6 Å². The van der Waals surface area contributed by atoms with E-state index in [1.54, 1.807) is 19.1 Å². The first-order valence-corrected chi connectivity index (χ1v) is 8.71. The highest BCUT2D eigenvalue weighted by molar-refractivity contribution is 6.17. The minimum absolute atomic E-state index is 0.0508. The Morgan fingerprint density at radius 3 is 2.32 bits per heavy atom.